The SMILES string of the molecule is CC[C@@H](C(=O)NC1CCCCC1)N(Cc1ccccc1Cl)C(=O)COc1cc(C)c(Br)c(C)c1. The molecule has 0 aromatic heterocycles. The maximum atomic E-state index is 13.4. The molecule has 1 atom stereocenters. The third kappa shape index (κ3) is 6.98. The van der Waals surface area contributed by atoms with E-state index in [0.717, 1.165) is 46.8 Å². The molecule has 184 valence electrons. The van der Waals surface area contributed by atoms with Gasteiger partial charge >= 0.3 is 0 Å². The van der Waals surface area contributed by atoms with Crippen molar-refractivity contribution in [2.45, 2.75) is 77.9 Å². The van der Waals surface area contributed by atoms with Crippen LogP contribution in [0.2, 0.25) is 5.02 Å². The van der Waals surface area contributed by atoms with Crippen LogP contribution in [0.5, 0.6) is 5.75 Å². The van der Waals surface area contributed by atoms with E-state index in [4.69, 9.17) is 16.3 Å². The van der Waals surface area contributed by atoms with E-state index < -0.39 is 6.04 Å². The van der Waals surface area contributed by atoms with Crippen molar-refractivity contribution in [3.8, 4) is 5.75 Å². The molecule has 1 fully saturated rings. The summed E-state index contributed by atoms with van der Waals surface area (Å²) >= 11 is 9.96. The predicted octanol–water partition coefficient (Wildman–Crippen LogP) is 6.35. The Kier molecular flexibility index (Phi) is 9.84. The van der Waals surface area contributed by atoms with Crippen LogP contribution in [0, 0.1) is 13.8 Å². The van der Waals surface area contributed by atoms with Crippen LogP contribution in [0.25, 0.3) is 0 Å². The van der Waals surface area contributed by atoms with Crippen molar-refractivity contribution in [2.24, 2.45) is 0 Å². The van der Waals surface area contributed by atoms with Crippen molar-refractivity contribution < 1.29 is 14.3 Å². The van der Waals surface area contributed by atoms with E-state index in [2.05, 4.69) is 21.2 Å². The minimum atomic E-state index is -0.595. The van der Waals surface area contributed by atoms with E-state index in [-0.39, 0.29) is 31.0 Å². The van der Waals surface area contributed by atoms with Gasteiger partial charge in [0.15, 0.2) is 6.61 Å². The zero-order valence-corrected chi connectivity index (χ0v) is 22.5. The van der Waals surface area contributed by atoms with Crippen LogP contribution < -0.4 is 10.1 Å². The van der Waals surface area contributed by atoms with Crippen LogP contribution >= 0.6 is 27.5 Å². The van der Waals surface area contributed by atoms with Crippen LogP contribution in [0.4, 0.5) is 0 Å². The molecule has 0 heterocycles. The molecule has 0 saturated heterocycles. The lowest BCUT2D eigenvalue weighted by Crippen LogP contribution is -2.52. The Hall–Kier alpha value is -2.05. The number of amides is 2. The summed E-state index contributed by atoms with van der Waals surface area (Å²) in [4.78, 5) is 28.3. The molecule has 5 nitrogen and oxygen atoms in total. The number of benzene rings is 2. The van der Waals surface area contributed by atoms with E-state index in [1.807, 2.05) is 51.1 Å². The van der Waals surface area contributed by atoms with Gasteiger partial charge in [0.05, 0.1) is 0 Å². The number of halogens is 2. The largest absolute Gasteiger partial charge is 0.484 e. The molecule has 0 spiro atoms. The molecule has 0 bridgehead atoms. The first kappa shape index (κ1) is 26.6. The van der Waals surface area contributed by atoms with E-state index >= 15 is 0 Å². The Balaban J connectivity index is 1.79. The monoisotopic (exact) mass is 548 g/mol. The van der Waals surface area contributed by atoms with Crippen molar-refractivity contribution in [2.75, 3.05) is 6.61 Å². The van der Waals surface area contributed by atoms with Gasteiger partial charge in [0, 0.05) is 22.1 Å². The highest BCUT2D eigenvalue weighted by Crippen LogP contribution is 2.27. The third-order valence-electron chi connectivity index (χ3n) is 6.41. The quantitative estimate of drug-likeness (QED) is 0.396. The lowest BCUT2D eigenvalue weighted by Gasteiger charge is -2.33. The first-order chi connectivity index (χ1) is 16.3. The average Bonchev–Trinajstić information content (AvgIpc) is 2.82. The summed E-state index contributed by atoms with van der Waals surface area (Å²) in [7, 11) is 0. The number of hydrogen-bond acceptors (Lipinski definition) is 3. The number of ether oxygens (including phenoxy) is 1. The van der Waals surface area contributed by atoms with Gasteiger partial charge in [0.25, 0.3) is 5.91 Å². The zero-order chi connectivity index (χ0) is 24.7. The second-order valence-electron chi connectivity index (χ2n) is 9.04. The number of nitrogens with one attached hydrogen (secondary N) is 1. The van der Waals surface area contributed by atoms with E-state index in [9.17, 15) is 9.59 Å². The van der Waals surface area contributed by atoms with Crippen LogP contribution in [0.1, 0.15) is 62.1 Å². The number of rotatable bonds is 9. The Morgan fingerprint density at radius 2 is 1.79 bits per heavy atom. The number of aryl methyl sites for hydroxylation is 2. The number of nitrogens with zero attached hydrogens (tertiary/aromatic N) is 1. The maximum Gasteiger partial charge on any atom is 0.261 e. The van der Waals surface area contributed by atoms with Gasteiger partial charge in [-0.1, -0.05) is 71.9 Å². The summed E-state index contributed by atoms with van der Waals surface area (Å²) < 4.78 is 6.91. The summed E-state index contributed by atoms with van der Waals surface area (Å²) in [5.41, 5.74) is 2.87. The first-order valence-corrected chi connectivity index (χ1v) is 13.2. The van der Waals surface area contributed by atoms with Gasteiger partial charge < -0.3 is 15.0 Å². The standard InChI is InChI=1S/C27H34BrClN2O3/c1-4-24(27(33)30-21-11-6-5-7-12-21)31(16-20-10-8-9-13-23(20)29)25(32)17-34-22-14-18(2)26(28)19(3)15-22/h8-10,13-15,21,24H,4-7,11-12,16-17H2,1-3H3,(H,30,33)/t24-/m0/s1. The fourth-order valence-corrected chi connectivity index (χ4v) is 4.92. The molecule has 1 aliphatic rings. The molecular weight excluding hydrogens is 516 g/mol. The molecule has 1 aliphatic carbocycles. The zero-order valence-electron chi connectivity index (χ0n) is 20.2. The number of carbonyl (C=O) groups is 2. The fourth-order valence-electron chi connectivity index (χ4n) is 4.49. The van der Waals surface area contributed by atoms with Crippen LogP contribution in [0.3, 0.4) is 0 Å². The second kappa shape index (κ2) is 12.6. The Labute approximate surface area is 216 Å². The maximum absolute atomic E-state index is 13.4. The number of hydrogen-bond donors (Lipinski definition) is 1. The van der Waals surface area contributed by atoms with Crippen molar-refractivity contribution >= 4 is 39.3 Å². The van der Waals surface area contributed by atoms with Gasteiger partial charge in [0.2, 0.25) is 5.91 Å². The molecule has 2 aromatic rings. The minimum absolute atomic E-state index is 0.106. The topological polar surface area (TPSA) is 58.6 Å². The summed E-state index contributed by atoms with van der Waals surface area (Å²) in [5, 5.41) is 3.76. The van der Waals surface area contributed by atoms with E-state index in [1.54, 1.807) is 11.0 Å². The molecule has 1 saturated carbocycles. The summed E-state index contributed by atoms with van der Waals surface area (Å²) in [6.45, 7) is 5.99. The van der Waals surface area contributed by atoms with Crippen LogP contribution in [-0.4, -0.2) is 35.4 Å². The van der Waals surface area contributed by atoms with Crippen molar-refractivity contribution in [3.63, 3.8) is 0 Å². The van der Waals surface area contributed by atoms with Gasteiger partial charge in [-0.15, -0.1) is 0 Å². The van der Waals surface area contributed by atoms with Gasteiger partial charge in [0.1, 0.15) is 11.8 Å². The van der Waals surface area contributed by atoms with Crippen molar-refractivity contribution in [1.82, 2.24) is 10.2 Å². The molecule has 0 unspecified atom stereocenters. The van der Waals surface area contributed by atoms with Gasteiger partial charge in [-0.2, -0.15) is 0 Å². The summed E-state index contributed by atoms with van der Waals surface area (Å²) in [6.07, 6.45) is 5.96. The fraction of sp³-hybridized carbons (Fsp3) is 0.481. The molecule has 7 heteroatoms. The highest BCUT2D eigenvalue weighted by Gasteiger charge is 2.31. The van der Waals surface area contributed by atoms with Gasteiger partial charge in [-0.05, 0) is 68.0 Å². The average molecular weight is 550 g/mol. The molecule has 0 aliphatic heterocycles. The molecule has 1 N–H and O–H groups in total. The molecule has 0 radical (unpaired) electrons. The van der Waals surface area contributed by atoms with Gasteiger partial charge in [-0.3, -0.25) is 9.59 Å². The van der Waals surface area contributed by atoms with E-state index in [1.165, 1.54) is 6.42 Å². The summed E-state index contributed by atoms with van der Waals surface area (Å²) in [6, 6.07) is 10.8. The second-order valence-corrected chi connectivity index (χ2v) is 10.2. The highest BCUT2D eigenvalue weighted by atomic mass is 79.9. The molecule has 2 aromatic carbocycles. The lowest BCUT2D eigenvalue weighted by atomic mass is 9.95. The lowest BCUT2D eigenvalue weighted by molar-refractivity contribution is -0.143. The van der Waals surface area contributed by atoms with E-state index in [0.29, 0.717) is 17.2 Å². The molecule has 2 amide bonds. The Morgan fingerprint density at radius 3 is 2.41 bits per heavy atom. The summed E-state index contributed by atoms with van der Waals surface area (Å²) in [5.74, 6) is 0.276. The highest BCUT2D eigenvalue weighted by molar-refractivity contribution is 9.10. The van der Waals surface area contributed by atoms with Crippen molar-refractivity contribution in [1.29, 1.82) is 0 Å². The Bertz CT molecular complexity index is 984. The molecular formula is C27H34BrClN2O3. The van der Waals surface area contributed by atoms with Crippen molar-refractivity contribution in [3.05, 3.63) is 62.6 Å². The number of carbonyl (C=O) groups excluding carboxylic acids is 2. The normalized spacial score (nSPS) is 15.0. The Morgan fingerprint density at radius 1 is 1.15 bits per heavy atom. The minimum Gasteiger partial charge on any atom is -0.484 e. The predicted molar refractivity (Wildman–Crippen MR) is 140 cm³/mol. The molecule has 34 heavy (non-hydrogen) atoms. The van der Waals surface area contributed by atoms with Crippen LogP contribution in [-0.2, 0) is 16.1 Å². The van der Waals surface area contributed by atoms with Crippen LogP contribution in [0.15, 0.2) is 40.9 Å². The molecule has 3 rings (SSSR count). The van der Waals surface area contributed by atoms with Gasteiger partial charge in [-0.25, -0.2) is 0 Å². The first-order valence-electron chi connectivity index (χ1n) is 12.0. The smallest absolute Gasteiger partial charge is 0.261 e. The third-order valence-corrected chi connectivity index (χ3v) is 8.03.